The summed E-state index contributed by atoms with van der Waals surface area (Å²) in [7, 11) is 5.90. The number of carbonyl (C=O) groups excluding carboxylic acids is 1. The fraction of sp³-hybridized carbons (Fsp3) is 0.500. The highest BCUT2D eigenvalue weighted by Crippen LogP contribution is 2.15. The molecule has 0 bridgehead atoms. The van der Waals surface area contributed by atoms with Gasteiger partial charge in [0.25, 0.3) is 5.91 Å². The molecule has 3 N–H and O–H groups in total. The molecule has 0 atom stereocenters. The van der Waals surface area contributed by atoms with E-state index in [0.717, 1.165) is 36.3 Å². The number of amides is 1. The summed E-state index contributed by atoms with van der Waals surface area (Å²) < 4.78 is 0. The van der Waals surface area contributed by atoms with Crippen molar-refractivity contribution in [1.29, 1.82) is 0 Å². The fourth-order valence-corrected chi connectivity index (χ4v) is 1.92. The molecule has 0 aliphatic rings. The second-order valence-electron chi connectivity index (χ2n) is 5.06. The zero-order valence-electron chi connectivity index (χ0n) is 12.2. The fourth-order valence-electron chi connectivity index (χ4n) is 1.92. The Morgan fingerprint density at radius 1 is 1.26 bits per heavy atom. The van der Waals surface area contributed by atoms with E-state index in [2.05, 4.69) is 10.3 Å². The van der Waals surface area contributed by atoms with Gasteiger partial charge in [0.1, 0.15) is 0 Å². The van der Waals surface area contributed by atoms with Crippen molar-refractivity contribution in [3.63, 3.8) is 0 Å². The Morgan fingerprint density at radius 3 is 2.47 bits per heavy atom. The minimum Gasteiger partial charge on any atom is -0.342 e. The largest absolute Gasteiger partial charge is 0.342 e. The first-order valence-electron chi connectivity index (χ1n) is 6.43. The summed E-state index contributed by atoms with van der Waals surface area (Å²) >= 11 is 0. The number of benzene rings is 1. The van der Waals surface area contributed by atoms with Gasteiger partial charge >= 0.3 is 0 Å². The normalized spacial score (nSPS) is 10.6. The molecule has 1 rings (SSSR count). The van der Waals surface area contributed by atoms with Gasteiger partial charge in [0, 0.05) is 24.8 Å². The molecule has 5 nitrogen and oxygen atoms in total. The van der Waals surface area contributed by atoms with Crippen molar-refractivity contribution in [1.82, 2.24) is 9.80 Å². The van der Waals surface area contributed by atoms with Gasteiger partial charge in [-0.2, -0.15) is 0 Å². The lowest BCUT2D eigenvalue weighted by molar-refractivity contribution is 0.0790. The summed E-state index contributed by atoms with van der Waals surface area (Å²) in [6.07, 6.45) is 0.969. The molecule has 0 spiro atoms. The number of anilines is 1. The minimum absolute atomic E-state index is 0.0554. The van der Waals surface area contributed by atoms with Crippen molar-refractivity contribution in [2.24, 2.45) is 5.84 Å². The summed E-state index contributed by atoms with van der Waals surface area (Å²) in [6.45, 7) is 3.65. The van der Waals surface area contributed by atoms with Crippen LogP contribution in [0.2, 0.25) is 0 Å². The van der Waals surface area contributed by atoms with E-state index < -0.39 is 0 Å². The Bertz CT molecular complexity index is 431. The van der Waals surface area contributed by atoms with Crippen molar-refractivity contribution in [2.75, 3.05) is 39.7 Å². The lowest BCUT2D eigenvalue weighted by atomic mass is 10.1. The Hall–Kier alpha value is -1.59. The van der Waals surface area contributed by atoms with Crippen LogP contribution in [0, 0.1) is 6.92 Å². The first-order chi connectivity index (χ1) is 8.95. The molecule has 0 fully saturated rings. The van der Waals surface area contributed by atoms with Crippen LogP contribution in [-0.4, -0.2) is 49.9 Å². The molecule has 0 unspecified atom stereocenters. The summed E-state index contributed by atoms with van der Waals surface area (Å²) in [4.78, 5) is 16.2. The maximum absolute atomic E-state index is 12.3. The number of nitrogen functional groups attached to an aromatic ring is 1. The third kappa shape index (κ3) is 4.54. The van der Waals surface area contributed by atoms with Gasteiger partial charge in [-0.15, -0.1) is 0 Å². The SMILES string of the molecule is Cc1cc(NN)ccc1C(=O)N(C)CCCN(C)C. The zero-order valence-corrected chi connectivity index (χ0v) is 12.2. The quantitative estimate of drug-likeness (QED) is 0.600. The van der Waals surface area contributed by atoms with Crippen LogP contribution in [0.15, 0.2) is 18.2 Å². The Morgan fingerprint density at radius 2 is 1.95 bits per heavy atom. The van der Waals surface area contributed by atoms with E-state index in [4.69, 9.17) is 5.84 Å². The molecular weight excluding hydrogens is 240 g/mol. The number of nitrogens with one attached hydrogen (secondary N) is 1. The average molecular weight is 264 g/mol. The first-order valence-corrected chi connectivity index (χ1v) is 6.43. The molecule has 0 radical (unpaired) electrons. The second kappa shape index (κ2) is 7.11. The Balaban J connectivity index is 2.66. The molecule has 0 aliphatic carbocycles. The van der Waals surface area contributed by atoms with Gasteiger partial charge in [0.05, 0.1) is 0 Å². The van der Waals surface area contributed by atoms with Crippen LogP contribution in [0.25, 0.3) is 0 Å². The molecule has 0 saturated heterocycles. The van der Waals surface area contributed by atoms with Gasteiger partial charge in [0.2, 0.25) is 0 Å². The maximum atomic E-state index is 12.3. The summed E-state index contributed by atoms with van der Waals surface area (Å²) in [5.74, 6) is 5.40. The standard InChI is InChI=1S/C14H24N4O/c1-11-10-12(16-15)6-7-13(11)14(19)18(4)9-5-8-17(2)3/h6-7,10,16H,5,8-9,15H2,1-4H3. The molecule has 106 valence electrons. The molecular formula is C14H24N4O. The van der Waals surface area contributed by atoms with Crippen LogP contribution in [0.4, 0.5) is 5.69 Å². The lowest BCUT2D eigenvalue weighted by Crippen LogP contribution is -2.30. The third-order valence-corrected chi connectivity index (χ3v) is 3.07. The molecule has 0 heterocycles. The number of hydrazine groups is 1. The number of rotatable bonds is 6. The van der Waals surface area contributed by atoms with Crippen LogP contribution in [0.5, 0.6) is 0 Å². The van der Waals surface area contributed by atoms with Crippen LogP contribution >= 0.6 is 0 Å². The number of nitrogens with zero attached hydrogens (tertiary/aromatic N) is 2. The predicted octanol–water partition coefficient (Wildman–Crippen LogP) is 1.30. The smallest absolute Gasteiger partial charge is 0.253 e. The van der Waals surface area contributed by atoms with E-state index in [-0.39, 0.29) is 5.91 Å². The van der Waals surface area contributed by atoms with Crippen LogP contribution in [-0.2, 0) is 0 Å². The number of hydrogen-bond acceptors (Lipinski definition) is 4. The third-order valence-electron chi connectivity index (χ3n) is 3.07. The number of aryl methyl sites for hydroxylation is 1. The van der Waals surface area contributed by atoms with E-state index in [1.807, 2.05) is 46.3 Å². The average Bonchev–Trinajstić information content (AvgIpc) is 2.37. The molecule has 19 heavy (non-hydrogen) atoms. The van der Waals surface area contributed by atoms with Crippen molar-refractivity contribution < 1.29 is 4.79 Å². The van der Waals surface area contributed by atoms with Crippen LogP contribution in [0.3, 0.4) is 0 Å². The first kappa shape index (κ1) is 15.5. The van der Waals surface area contributed by atoms with E-state index in [1.165, 1.54) is 0 Å². The maximum Gasteiger partial charge on any atom is 0.253 e. The molecule has 0 aliphatic heterocycles. The summed E-state index contributed by atoms with van der Waals surface area (Å²) in [5, 5.41) is 0. The highest BCUT2D eigenvalue weighted by atomic mass is 16.2. The van der Waals surface area contributed by atoms with E-state index in [0.29, 0.717) is 0 Å². The van der Waals surface area contributed by atoms with Gasteiger partial charge in [-0.3, -0.25) is 10.6 Å². The second-order valence-corrected chi connectivity index (χ2v) is 5.06. The highest BCUT2D eigenvalue weighted by molar-refractivity contribution is 5.95. The predicted molar refractivity (Wildman–Crippen MR) is 79.1 cm³/mol. The Labute approximate surface area is 115 Å². The van der Waals surface area contributed by atoms with Crippen LogP contribution in [0.1, 0.15) is 22.3 Å². The van der Waals surface area contributed by atoms with Crippen LogP contribution < -0.4 is 11.3 Å². The molecule has 0 saturated carbocycles. The number of nitrogens with two attached hydrogens (primary N) is 1. The van der Waals surface area contributed by atoms with Crippen molar-refractivity contribution in [2.45, 2.75) is 13.3 Å². The van der Waals surface area contributed by atoms with E-state index in [9.17, 15) is 4.79 Å². The molecule has 5 heteroatoms. The van der Waals surface area contributed by atoms with Gasteiger partial charge in [-0.1, -0.05) is 0 Å². The monoisotopic (exact) mass is 264 g/mol. The highest BCUT2D eigenvalue weighted by Gasteiger charge is 2.13. The number of hydrogen-bond donors (Lipinski definition) is 2. The van der Waals surface area contributed by atoms with E-state index in [1.54, 1.807) is 4.90 Å². The number of carbonyl (C=O) groups is 1. The van der Waals surface area contributed by atoms with Gasteiger partial charge in [0.15, 0.2) is 0 Å². The van der Waals surface area contributed by atoms with Gasteiger partial charge in [-0.25, -0.2) is 0 Å². The van der Waals surface area contributed by atoms with Crippen molar-refractivity contribution in [3.05, 3.63) is 29.3 Å². The van der Waals surface area contributed by atoms with Crippen molar-refractivity contribution >= 4 is 11.6 Å². The van der Waals surface area contributed by atoms with Crippen molar-refractivity contribution in [3.8, 4) is 0 Å². The summed E-state index contributed by atoms with van der Waals surface area (Å²) in [6, 6.07) is 5.50. The minimum atomic E-state index is 0.0554. The molecule has 1 amide bonds. The lowest BCUT2D eigenvalue weighted by Gasteiger charge is -2.19. The summed E-state index contributed by atoms with van der Waals surface area (Å²) in [5.41, 5.74) is 5.05. The molecule has 0 aromatic heterocycles. The molecule has 1 aromatic carbocycles. The topological polar surface area (TPSA) is 61.6 Å². The van der Waals surface area contributed by atoms with E-state index >= 15 is 0 Å². The van der Waals surface area contributed by atoms with Gasteiger partial charge in [-0.05, 0) is 57.7 Å². The Kier molecular flexibility index (Phi) is 5.79. The zero-order chi connectivity index (χ0) is 14.4. The molecule has 1 aromatic rings. The van der Waals surface area contributed by atoms with Gasteiger partial charge < -0.3 is 15.2 Å².